The van der Waals surface area contributed by atoms with E-state index in [1.54, 1.807) is 24.4 Å². The third-order valence-electron chi connectivity index (χ3n) is 4.49. The zero-order valence-corrected chi connectivity index (χ0v) is 14.4. The molecule has 2 heterocycles. The lowest BCUT2D eigenvalue weighted by Gasteiger charge is -2.18. The van der Waals surface area contributed by atoms with Crippen molar-refractivity contribution in [2.45, 2.75) is 0 Å². The Balaban J connectivity index is 1.44. The largest absolute Gasteiger partial charge is 0.325 e. The van der Waals surface area contributed by atoms with Crippen LogP contribution in [0.2, 0.25) is 0 Å². The third kappa shape index (κ3) is 3.44. The van der Waals surface area contributed by atoms with E-state index in [0.717, 1.165) is 10.9 Å². The molecular formula is C20H17FN4O2. The molecule has 0 bridgehead atoms. The standard InChI is InChI=1S/C20H17FN4O2/c21-14-6-8-15(9-7-14)25-12-11-24(20(25)27)13-19(26)23-18-5-1-4-17-16(18)3-2-10-22-17/h1-10H,11-13H2,(H,23,26). The van der Waals surface area contributed by atoms with Gasteiger partial charge in [-0.2, -0.15) is 0 Å². The van der Waals surface area contributed by atoms with Crippen molar-refractivity contribution < 1.29 is 14.0 Å². The third-order valence-corrected chi connectivity index (χ3v) is 4.49. The molecule has 136 valence electrons. The average molecular weight is 364 g/mol. The molecule has 0 aliphatic carbocycles. The zero-order valence-electron chi connectivity index (χ0n) is 14.4. The SMILES string of the molecule is O=C(CN1CCN(c2ccc(F)cc2)C1=O)Nc1cccc2ncccc12. The fraction of sp³-hybridized carbons (Fsp3) is 0.150. The summed E-state index contributed by atoms with van der Waals surface area (Å²) < 4.78 is 13.1. The second-order valence-corrected chi connectivity index (χ2v) is 6.26. The number of urea groups is 1. The van der Waals surface area contributed by atoms with Crippen molar-refractivity contribution in [3.63, 3.8) is 0 Å². The van der Waals surface area contributed by atoms with Crippen LogP contribution in [0, 0.1) is 5.82 Å². The summed E-state index contributed by atoms with van der Waals surface area (Å²) in [6.07, 6.45) is 1.70. The molecule has 0 radical (unpaired) electrons. The summed E-state index contributed by atoms with van der Waals surface area (Å²) in [6, 6.07) is 14.7. The maximum Gasteiger partial charge on any atom is 0.325 e. The molecule has 3 aromatic rings. The highest BCUT2D eigenvalue weighted by atomic mass is 19.1. The molecule has 1 saturated heterocycles. The Bertz CT molecular complexity index is 1000. The first kappa shape index (κ1) is 17.0. The molecule has 0 saturated carbocycles. The number of hydrogen-bond acceptors (Lipinski definition) is 3. The number of halogens is 1. The summed E-state index contributed by atoms with van der Waals surface area (Å²) >= 11 is 0. The van der Waals surface area contributed by atoms with Crippen LogP contribution in [0.15, 0.2) is 60.8 Å². The highest BCUT2D eigenvalue weighted by Crippen LogP contribution is 2.23. The van der Waals surface area contributed by atoms with E-state index >= 15 is 0 Å². The number of carbonyl (C=O) groups excluding carboxylic acids is 2. The number of rotatable bonds is 4. The van der Waals surface area contributed by atoms with Gasteiger partial charge in [-0.05, 0) is 48.5 Å². The number of nitrogens with zero attached hydrogens (tertiary/aromatic N) is 3. The molecule has 0 spiro atoms. The zero-order chi connectivity index (χ0) is 18.8. The number of aromatic nitrogens is 1. The van der Waals surface area contributed by atoms with Gasteiger partial charge in [-0.3, -0.25) is 14.7 Å². The number of pyridine rings is 1. The molecule has 4 rings (SSSR count). The van der Waals surface area contributed by atoms with E-state index in [9.17, 15) is 14.0 Å². The van der Waals surface area contributed by atoms with E-state index in [4.69, 9.17) is 0 Å². The Morgan fingerprint density at radius 3 is 2.70 bits per heavy atom. The lowest BCUT2D eigenvalue weighted by Crippen LogP contribution is -2.37. The number of benzene rings is 2. The normalized spacial score (nSPS) is 14.0. The molecule has 27 heavy (non-hydrogen) atoms. The highest BCUT2D eigenvalue weighted by Gasteiger charge is 2.30. The van der Waals surface area contributed by atoms with Gasteiger partial charge in [-0.25, -0.2) is 9.18 Å². The fourth-order valence-electron chi connectivity index (χ4n) is 3.17. The Morgan fingerprint density at radius 1 is 1.07 bits per heavy atom. The van der Waals surface area contributed by atoms with Crippen molar-refractivity contribution in [3.05, 3.63) is 66.6 Å². The molecule has 0 atom stereocenters. The second-order valence-electron chi connectivity index (χ2n) is 6.26. The predicted octanol–water partition coefficient (Wildman–Crippen LogP) is 3.25. The Morgan fingerprint density at radius 2 is 1.89 bits per heavy atom. The van der Waals surface area contributed by atoms with Gasteiger partial charge in [-0.15, -0.1) is 0 Å². The maximum absolute atomic E-state index is 13.1. The van der Waals surface area contributed by atoms with Crippen LogP contribution >= 0.6 is 0 Å². The first-order valence-electron chi connectivity index (χ1n) is 8.57. The summed E-state index contributed by atoms with van der Waals surface area (Å²) in [7, 11) is 0. The molecule has 1 aromatic heterocycles. The Hall–Kier alpha value is -3.48. The minimum atomic E-state index is -0.355. The van der Waals surface area contributed by atoms with Gasteiger partial charge in [0.1, 0.15) is 12.4 Å². The number of carbonyl (C=O) groups is 2. The van der Waals surface area contributed by atoms with E-state index in [0.29, 0.717) is 24.5 Å². The Labute approximate surface area is 155 Å². The van der Waals surface area contributed by atoms with Crippen molar-refractivity contribution in [2.24, 2.45) is 0 Å². The molecule has 1 fully saturated rings. The van der Waals surface area contributed by atoms with Crippen molar-refractivity contribution in [2.75, 3.05) is 29.9 Å². The summed E-state index contributed by atoms with van der Waals surface area (Å²) in [5.74, 6) is -0.633. The minimum Gasteiger partial charge on any atom is -0.324 e. The van der Waals surface area contributed by atoms with E-state index < -0.39 is 0 Å². The first-order valence-corrected chi connectivity index (χ1v) is 8.57. The van der Waals surface area contributed by atoms with Gasteiger partial charge >= 0.3 is 6.03 Å². The minimum absolute atomic E-state index is 0.0484. The van der Waals surface area contributed by atoms with E-state index in [-0.39, 0.29) is 24.3 Å². The summed E-state index contributed by atoms with van der Waals surface area (Å²) in [5.41, 5.74) is 2.06. The monoisotopic (exact) mass is 364 g/mol. The van der Waals surface area contributed by atoms with E-state index in [2.05, 4.69) is 10.3 Å². The maximum atomic E-state index is 13.1. The van der Waals surface area contributed by atoms with Crippen LogP contribution in [-0.2, 0) is 4.79 Å². The van der Waals surface area contributed by atoms with Gasteiger partial charge in [0.15, 0.2) is 0 Å². The van der Waals surface area contributed by atoms with Crippen LogP contribution in [0.4, 0.5) is 20.6 Å². The molecule has 0 unspecified atom stereocenters. The molecule has 3 amide bonds. The van der Waals surface area contributed by atoms with Gasteiger partial charge < -0.3 is 10.2 Å². The summed E-state index contributed by atoms with van der Waals surface area (Å²) in [5, 5.41) is 3.70. The number of anilines is 2. The number of hydrogen-bond donors (Lipinski definition) is 1. The average Bonchev–Trinajstić information content (AvgIpc) is 3.03. The van der Waals surface area contributed by atoms with Crippen molar-refractivity contribution in [1.82, 2.24) is 9.88 Å². The van der Waals surface area contributed by atoms with Crippen LogP contribution in [0.25, 0.3) is 10.9 Å². The fourth-order valence-corrected chi connectivity index (χ4v) is 3.17. The molecule has 2 aromatic carbocycles. The number of amides is 3. The van der Waals surface area contributed by atoms with Crippen molar-refractivity contribution >= 4 is 34.2 Å². The van der Waals surface area contributed by atoms with Crippen LogP contribution in [-0.4, -0.2) is 41.5 Å². The van der Waals surface area contributed by atoms with Crippen LogP contribution < -0.4 is 10.2 Å². The topological polar surface area (TPSA) is 65.5 Å². The first-order chi connectivity index (χ1) is 13.1. The Kier molecular flexibility index (Phi) is 4.42. The van der Waals surface area contributed by atoms with Crippen LogP contribution in [0.1, 0.15) is 0 Å². The van der Waals surface area contributed by atoms with E-state index in [1.807, 2.05) is 24.3 Å². The number of fused-ring (bicyclic) bond motifs is 1. The van der Waals surface area contributed by atoms with Crippen molar-refractivity contribution in [3.8, 4) is 0 Å². The van der Waals surface area contributed by atoms with Gasteiger partial charge in [0.2, 0.25) is 5.91 Å². The molecule has 6 nitrogen and oxygen atoms in total. The predicted molar refractivity (Wildman–Crippen MR) is 101 cm³/mol. The smallest absolute Gasteiger partial charge is 0.324 e. The summed E-state index contributed by atoms with van der Waals surface area (Å²) in [4.78, 5) is 32.3. The van der Waals surface area contributed by atoms with Gasteiger partial charge in [0, 0.05) is 30.4 Å². The molecule has 1 aliphatic heterocycles. The molecule has 7 heteroatoms. The van der Waals surface area contributed by atoms with Gasteiger partial charge in [-0.1, -0.05) is 6.07 Å². The lowest BCUT2D eigenvalue weighted by atomic mass is 10.2. The highest BCUT2D eigenvalue weighted by molar-refractivity contribution is 6.03. The van der Waals surface area contributed by atoms with E-state index in [1.165, 1.54) is 21.9 Å². The summed E-state index contributed by atoms with van der Waals surface area (Å²) in [6.45, 7) is 0.837. The molecule has 1 N–H and O–H groups in total. The quantitative estimate of drug-likeness (QED) is 0.773. The van der Waals surface area contributed by atoms with Gasteiger partial charge in [0.05, 0.1) is 11.2 Å². The van der Waals surface area contributed by atoms with Crippen LogP contribution in [0.5, 0.6) is 0 Å². The van der Waals surface area contributed by atoms with Gasteiger partial charge in [0.25, 0.3) is 0 Å². The van der Waals surface area contributed by atoms with Crippen molar-refractivity contribution in [1.29, 1.82) is 0 Å². The second kappa shape index (κ2) is 7.03. The lowest BCUT2D eigenvalue weighted by molar-refractivity contribution is -0.116. The molecular weight excluding hydrogens is 347 g/mol. The molecule has 1 aliphatic rings. The number of nitrogens with one attached hydrogen (secondary N) is 1. The van der Waals surface area contributed by atoms with Crippen LogP contribution in [0.3, 0.4) is 0 Å².